The molecule has 2 fully saturated rings. The van der Waals surface area contributed by atoms with Crippen LogP contribution in [0.25, 0.3) is 6.08 Å². The summed E-state index contributed by atoms with van der Waals surface area (Å²) in [6.07, 6.45) is -2.30. The number of anilines is 1. The summed E-state index contributed by atoms with van der Waals surface area (Å²) >= 11 is 0.741. The van der Waals surface area contributed by atoms with Crippen molar-refractivity contribution in [3.8, 4) is 5.75 Å². The molecule has 0 aromatic heterocycles. The number of thioether (sulfide) groups is 1. The van der Waals surface area contributed by atoms with Crippen LogP contribution in [0.1, 0.15) is 12.0 Å². The lowest BCUT2D eigenvalue weighted by Gasteiger charge is -2.24. The third kappa shape index (κ3) is 5.30. The van der Waals surface area contributed by atoms with Gasteiger partial charge in [0.15, 0.2) is 6.61 Å². The van der Waals surface area contributed by atoms with Crippen LogP contribution >= 0.6 is 24.2 Å². The lowest BCUT2D eigenvalue weighted by Crippen LogP contribution is -2.28. The molecule has 0 saturated carbocycles. The summed E-state index contributed by atoms with van der Waals surface area (Å²) < 4.78 is 42.7. The van der Waals surface area contributed by atoms with E-state index in [1.54, 1.807) is 6.07 Å². The van der Waals surface area contributed by atoms with E-state index in [9.17, 15) is 22.8 Å². The van der Waals surface area contributed by atoms with Gasteiger partial charge in [0, 0.05) is 24.7 Å². The molecule has 2 saturated heterocycles. The van der Waals surface area contributed by atoms with Crippen LogP contribution in [0.2, 0.25) is 0 Å². The zero-order chi connectivity index (χ0) is 18.9. The number of nitrogens with two attached hydrogens (primary N) is 1. The van der Waals surface area contributed by atoms with Gasteiger partial charge < -0.3 is 15.4 Å². The van der Waals surface area contributed by atoms with E-state index in [-0.39, 0.29) is 29.1 Å². The minimum atomic E-state index is -4.47. The molecule has 2 aliphatic rings. The maximum atomic E-state index is 12.6. The molecule has 3 N–H and O–H groups in total. The van der Waals surface area contributed by atoms with Crippen LogP contribution in [0, 0.1) is 0 Å². The van der Waals surface area contributed by atoms with E-state index in [0.717, 1.165) is 11.8 Å². The molecule has 0 spiro atoms. The fourth-order valence-corrected chi connectivity index (χ4v) is 3.50. The molecule has 2 aliphatic heterocycles. The Hall–Kier alpha value is -1.91. The lowest BCUT2D eigenvalue weighted by atomic mass is 10.1. The van der Waals surface area contributed by atoms with E-state index in [1.807, 2.05) is 4.90 Å². The number of carbonyl (C=O) groups excluding carboxylic acids is 2. The molecule has 1 aromatic carbocycles. The van der Waals surface area contributed by atoms with Crippen molar-refractivity contribution < 1.29 is 27.5 Å². The van der Waals surface area contributed by atoms with Crippen molar-refractivity contribution in [1.82, 2.24) is 5.32 Å². The highest BCUT2D eigenvalue weighted by Crippen LogP contribution is 2.38. The molecule has 2 amide bonds. The Balaban J connectivity index is 0.00000261. The van der Waals surface area contributed by atoms with Gasteiger partial charge in [0.25, 0.3) is 11.1 Å². The molecule has 148 valence electrons. The predicted molar refractivity (Wildman–Crippen MR) is 99.2 cm³/mol. The van der Waals surface area contributed by atoms with E-state index in [4.69, 9.17) is 10.5 Å². The van der Waals surface area contributed by atoms with Crippen molar-refractivity contribution in [2.45, 2.75) is 18.6 Å². The van der Waals surface area contributed by atoms with E-state index in [1.165, 1.54) is 18.2 Å². The van der Waals surface area contributed by atoms with Crippen LogP contribution in [0.3, 0.4) is 0 Å². The number of carbonyl (C=O) groups is 2. The van der Waals surface area contributed by atoms with Crippen molar-refractivity contribution >= 4 is 47.1 Å². The first-order chi connectivity index (χ1) is 12.2. The van der Waals surface area contributed by atoms with Crippen molar-refractivity contribution in [3.05, 3.63) is 28.7 Å². The summed E-state index contributed by atoms with van der Waals surface area (Å²) in [6.45, 7) is -0.406. The Bertz CT molecular complexity index is 773. The fourth-order valence-electron chi connectivity index (χ4n) is 2.82. The molecular weight excluding hydrogens is 407 g/mol. The predicted octanol–water partition coefficient (Wildman–Crippen LogP) is 2.91. The number of imide groups is 1. The molecule has 0 aliphatic carbocycles. The topological polar surface area (TPSA) is 84.7 Å². The van der Waals surface area contributed by atoms with Crippen molar-refractivity contribution in [2.75, 3.05) is 24.6 Å². The summed E-state index contributed by atoms with van der Waals surface area (Å²) in [6, 6.07) is 4.54. The number of amides is 2. The van der Waals surface area contributed by atoms with Crippen LogP contribution in [-0.4, -0.2) is 43.1 Å². The van der Waals surface area contributed by atoms with Crippen molar-refractivity contribution in [1.29, 1.82) is 0 Å². The Morgan fingerprint density at radius 2 is 2.11 bits per heavy atom. The third-order valence-electron chi connectivity index (χ3n) is 3.89. The average Bonchev–Trinajstić information content (AvgIpc) is 3.10. The van der Waals surface area contributed by atoms with Crippen LogP contribution in [-0.2, 0) is 4.79 Å². The summed E-state index contributed by atoms with van der Waals surface area (Å²) in [5.41, 5.74) is 6.85. The van der Waals surface area contributed by atoms with Gasteiger partial charge in [0.05, 0.1) is 10.6 Å². The van der Waals surface area contributed by atoms with Crippen LogP contribution in [0.15, 0.2) is 23.1 Å². The minimum Gasteiger partial charge on any atom is -0.482 e. The van der Waals surface area contributed by atoms with Crippen LogP contribution in [0.5, 0.6) is 5.75 Å². The average molecular weight is 424 g/mol. The molecule has 3 rings (SSSR count). The second-order valence-electron chi connectivity index (χ2n) is 5.94. The number of hydrogen-bond donors (Lipinski definition) is 2. The van der Waals surface area contributed by atoms with Gasteiger partial charge in [-0.15, -0.1) is 12.4 Å². The van der Waals surface area contributed by atoms with Gasteiger partial charge in [-0.1, -0.05) is 12.1 Å². The maximum Gasteiger partial charge on any atom is 0.422 e. The molecule has 0 radical (unpaired) electrons. The Morgan fingerprint density at radius 1 is 1.37 bits per heavy atom. The number of hydrogen-bond acceptors (Lipinski definition) is 6. The van der Waals surface area contributed by atoms with E-state index in [2.05, 4.69) is 5.32 Å². The number of rotatable bonds is 4. The van der Waals surface area contributed by atoms with Gasteiger partial charge in [-0.25, -0.2) is 0 Å². The monoisotopic (exact) mass is 423 g/mol. The van der Waals surface area contributed by atoms with Gasteiger partial charge in [-0.2, -0.15) is 13.2 Å². The standard InChI is InChI=1S/C16H16F3N3O3S.ClH/c17-16(18,19)8-25-11-3-1-2-9(6-12-14(23)21-15(24)26-12)13(11)22-5-4-10(20)7-22;/h1-3,6,10H,4-5,7-8,20H2,(H,21,23,24);1H/b12-6-;/t10-;/m0./s1. The summed E-state index contributed by atoms with van der Waals surface area (Å²) in [7, 11) is 0. The van der Waals surface area contributed by atoms with E-state index in [0.29, 0.717) is 30.8 Å². The second-order valence-corrected chi connectivity index (χ2v) is 6.96. The zero-order valence-electron chi connectivity index (χ0n) is 13.9. The van der Waals surface area contributed by atoms with Gasteiger partial charge >= 0.3 is 6.18 Å². The first-order valence-electron chi connectivity index (χ1n) is 7.81. The molecule has 0 bridgehead atoms. The van der Waals surface area contributed by atoms with Gasteiger partial charge in [-0.3, -0.25) is 14.9 Å². The quantitative estimate of drug-likeness (QED) is 0.724. The number of nitrogens with one attached hydrogen (secondary N) is 1. The normalized spacial score (nSPS) is 21.4. The Morgan fingerprint density at radius 3 is 2.67 bits per heavy atom. The summed E-state index contributed by atoms with van der Waals surface area (Å²) in [4.78, 5) is 25.1. The Labute approximate surface area is 163 Å². The highest BCUT2D eigenvalue weighted by atomic mass is 35.5. The van der Waals surface area contributed by atoms with E-state index < -0.39 is 23.9 Å². The fraction of sp³-hybridized carbons (Fsp3) is 0.375. The molecule has 2 heterocycles. The number of para-hydroxylation sites is 1. The molecule has 1 atom stereocenters. The van der Waals surface area contributed by atoms with Crippen molar-refractivity contribution in [3.63, 3.8) is 0 Å². The van der Waals surface area contributed by atoms with Gasteiger partial charge in [0.2, 0.25) is 0 Å². The summed E-state index contributed by atoms with van der Waals surface area (Å²) in [5.74, 6) is -0.480. The lowest BCUT2D eigenvalue weighted by molar-refractivity contribution is -0.153. The first kappa shape index (κ1) is 21.4. The second kappa shape index (κ2) is 8.41. The Kier molecular flexibility index (Phi) is 6.66. The maximum absolute atomic E-state index is 12.6. The van der Waals surface area contributed by atoms with Crippen LogP contribution in [0.4, 0.5) is 23.7 Å². The molecule has 6 nitrogen and oxygen atoms in total. The molecule has 0 unspecified atom stereocenters. The minimum absolute atomic E-state index is 0. The number of alkyl halides is 3. The highest BCUT2D eigenvalue weighted by molar-refractivity contribution is 8.18. The first-order valence-corrected chi connectivity index (χ1v) is 8.62. The number of ether oxygens (including phenoxy) is 1. The molecule has 27 heavy (non-hydrogen) atoms. The van der Waals surface area contributed by atoms with E-state index >= 15 is 0 Å². The molecular formula is C16H17ClF3N3O3S. The summed E-state index contributed by atoms with van der Waals surface area (Å²) in [5, 5.41) is 1.66. The number of benzene rings is 1. The van der Waals surface area contributed by atoms with Gasteiger partial charge in [0.1, 0.15) is 5.75 Å². The largest absolute Gasteiger partial charge is 0.482 e. The highest BCUT2D eigenvalue weighted by Gasteiger charge is 2.31. The van der Waals surface area contributed by atoms with Crippen molar-refractivity contribution in [2.24, 2.45) is 5.73 Å². The smallest absolute Gasteiger partial charge is 0.422 e. The van der Waals surface area contributed by atoms with Gasteiger partial charge in [-0.05, 0) is 30.3 Å². The molecule has 1 aromatic rings. The number of nitrogens with zero attached hydrogens (tertiary/aromatic N) is 1. The zero-order valence-corrected chi connectivity index (χ0v) is 15.5. The third-order valence-corrected chi connectivity index (χ3v) is 4.70. The SMILES string of the molecule is Cl.N[C@H]1CCN(c2c(/C=C3\SC(=O)NC3=O)cccc2OCC(F)(F)F)C1. The van der Waals surface area contributed by atoms with Crippen LogP contribution < -0.4 is 20.7 Å². The molecule has 11 heteroatoms. The number of halogens is 4.